The lowest BCUT2D eigenvalue weighted by molar-refractivity contribution is 0.591. The molecule has 0 fully saturated rings. The summed E-state index contributed by atoms with van der Waals surface area (Å²) >= 11 is 1.86. The van der Waals surface area contributed by atoms with Crippen LogP contribution < -0.4 is 0 Å². The Morgan fingerprint density at radius 2 is 1.74 bits per heavy atom. The summed E-state index contributed by atoms with van der Waals surface area (Å²) in [7, 11) is 0. The molecule has 2 heterocycles. The second-order valence-corrected chi connectivity index (χ2v) is 8.01. The monoisotopic (exact) mass is 317 g/mol. The van der Waals surface area contributed by atoms with Crippen molar-refractivity contribution in [2.45, 2.75) is 26.2 Å². The van der Waals surface area contributed by atoms with Gasteiger partial charge in [0.05, 0.1) is 5.69 Å². The number of pyridine rings is 1. The molecule has 114 valence electrons. The summed E-state index contributed by atoms with van der Waals surface area (Å²) in [5.74, 6) is 0. The van der Waals surface area contributed by atoms with Crippen LogP contribution in [0.3, 0.4) is 0 Å². The molecule has 0 N–H and O–H groups in total. The van der Waals surface area contributed by atoms with Crippen molar-refractivity contribution in [3.8, 4) is 11.3 Å². The number of rotatable bonds is 1. The third kappa shape index (κ3) is 2.43. The molecule has 0 saturated heterocycles. The summed E-state index contributed by atoms with van der Waals surface area (Å²) in [6.07, 6.45) is 1.86. The van der Waals surface area contributed by atoms with E-state index in [-0.39, 0.29) is 5.41 Å². The van der Waals surface area contributed by atoms with E-state index in [1.165, 1.54) is 31.3 Å². The molecule has 0 aliphatic carbocycles. The largest absolute Gasteiger partial charge is 0.256 e. The van der Waals surface area contributed by atoms with E-state index in [9.17, 15) is 0 Å². The van der Waals surface area contributed by atoms with E-state index in [0.29, 0.717) is 0 Å². The molecule has 2 heteroatoms. The van der Waals surface area contributed by atoms with Crippen LogP contribution in [0.15, 0.2) is 60.8 Å². The summed E-state index contributed by atoms with van der Waals surface area (Å²) in [4.78, 5) is 4.53. The van der Waals surface area contributed by atoms with Crippen LogP contribution in [0.5, 0.6) is 0 Å². The summed E-state index contributed by atoms with van der Waals surface area (Å²) < 4.78 is 2.67. The number of hydrogen-bond donors (Lipinski definition) is 0. The fourth-order valence-corrected chi connectivity index (χ4v) is 4.19. The number of hydrogen-bond acceptors (Lipinski definition) is 2. The topological polar surface area (TPSA) is 12.9 Å². The number of fused-ring (bicyclic) bond motifs is 3. The van der Waals surface area contributed by atoms with Crippen molar-refractivity contribution in [3.05, 3.63) is 66.4 Å². The van der Waals surface area contributed by atoms with E-state index >= 15 is 0 Å². The van der Waals surface area contributed by atoms with Gasteiger partial charge in [-0.1, -0.05) is 51.1 Å². The SMILES string of the molecule is CC(C)(C)c1ccc2sc3c(-c4ccccn4)cccc3c2c1. The third-order valence-corrected chi connectivity index (χ3v) is 5.52. The molecule has 0 unspecified atom stereocenters. The maximum absolute atomic E-state index is 4.53. The Balaban J connectivity index is 2.03. The highest BCUT2D eigenvalue weighted by atomic mass is 32.1. The van der Waals surface area contributed by atoms with E-state index < -0.39 is 0 Å². The van der Waals surface area contributed by atoms with Gasteiger partial charge in [-0.2, -0.15) is 0 Å². The zero-order valence-corrected chi connectivity index (χ0v) is 14.4. The summed E-state index contributed by atoms with van der Waals surface area (Å²) in [5, 5.41) is 2.69. The maximum Gasteiger partial charge on any atom is 0.0716 e. The molecule has 0 saturated carbocycles. The third-order valence-electron chi connectivity index (χ3n) is 4.30. The zero-order valence-electron chi connectivity index (χ0n) is 13.6. The van der Waals surface area contributed by atoms with Crippen LogP contribution >= 0.6 is 11.3 Å². The summed E-state index contributed by atoms with van der Waals surface area (Å²) in [6, 6.07) is 19.5. The first-order valence-electron chi connectivity index (χ1n) is 7.91. The normalized spacial score (nSPS) is 12.1. The lowest BCUT2D eigenvalue weighted by atomic mass is 9.86. The molecule has 4 rings (SSSR count). The number of benzene rings is 2. The van der Waals surface area contributed by atoms with Gasteiger partial charge in [-0.25, -0.2) is 0 Å². The van der Waals surface area contributed by atoms with Gasteiger partial charge in [0.15, 0.2) is 0 Å². The molecule has 0 amide bonds. The quantitative estimate of drug-likeness (QED) is 0.395. The minimum Gasteiger partial charge on any atom is -0.256 e. The van der Waals surface area contributed by atoms with Gasteiger partial charge in [0.2, 0.25) is 0 Å². The Kier molecular flexibility index (Phi) is 3.24. The zero-order chi connectivity index (χ0) is 16.0. The van der Waals surface area contributed by atoms with E-state index in [1.54, 1.807) is 0 Å². The highest BCUT2D eigenvalue weighted by Crippen LogP contribution is 2.40. The lowest BCUT2D eigenvalue weighted by Gasteiger charge is -2.18. The standard InChI is InChI=1S/C21H19NS/c1-21(2,3)14-10-11-19-17(13-14)15-7-6-8-16(20(15)23-19)18-9-4-5-12-22-18/h4-13H,1-3H3. The minimum atomic E-state index is 0.168. The molecular weight excluding hydrogens is 298 g/mol. The molecule has 2 aromatic heterocycles. The van der Waals surface area contributed by atoms with Gasteiger partial charge >= 0.3 is 0 Å². The van der Waals surface area contributed by atoms with Gasteiger partial charge in [0, 0.05) is 31.9 Å². The van der Waals surface area contributed by atoms with Gasteiger partial charge in [0.1, 0.15) is 0 Å². The average Bonchev–Trinajstić information content (AvgIpc) is 2.92. The van der Waals surface area contributed by atoms with E-state index in [0.717, 1.165) is 5.69 Å². The van der Waals surface area contributed by atoms with Crippen LogP contribution in [0.25, 0.3) is 31.4 Å². The molecule has 0 aliphatic heterocycles. The fraction of sp³-hybridized carbons (Fsp3) is 0.190. The predicted molar refractivity (Wildman–Crippen MR) is 101 cm³/mol. The molecule has 0 bridgehead atoms. The van der Waals surface area contributed by atoms with Crippen molar-refractivity contribution in [2.24, 2.45) is 0 Å². The van der Waals surface area contributed by atoms with Crippen LogP contribution in [-0.2, 0) is 5.41 Å². The molecule has 4 aromatic rings. The van der Waals surface area contributed by atoms with Crippen molar-refractivity contribution < 1.29 is 0 Å². The van der Waals surface area contributed by atoms with Crippen molar-refractivity contribution in [1.29, 1.82) is 0 Å². The molecular formula is C21H19NS. The molecule has 0 spiro atoms. The van der Waals surface area contributed by atoms with Gasteiger partial charge in [-0.15, -0.1) is 11.3 Å². The highest BCUT2D eigenvalue weighted by Gasteiger charge is 2.16. The van der Waals surface area contributed by atoms with E-state index in [1.807, 2.05) is 29.7 Å². The molecule has 0 radical (unpaired) electrons. The van der Waals surface area contributed by atoms with E-state index in [2.05, 4.69) is 68.2 Å². The van der Waals surface area contributed by atoms with Crippen molar-refractivity contribution in [3.63, 3.8) is 0 Å². The van der Waals surface area contributed by atoms with Crippen LogP contribution in [-0.4, -0.2) is 4.98 Å². The smallest absolute Gasteiger partial charge is 0.0716 e. The average molecular weight is 317 g/mol. The molecule has 2 aromatic carbocycles. The lowest BCUT2D eigenvalue weighted by Crippen LogP contribution is -2.10. The van der Waals surface area contributed by atoms with Crippen molar-refractivity contribution >= 4 is 31.5 Å². The predicted octanol–water partition coefficient (Wildman–Crippen LogP) is 6.41. The van der Waals surface area contributed by atoms with Gasteiger partial charge in [0.25, 0.3) is 0 Å². The Labute approximate surface area is 140 Å². The highest BCUT2D eigenvalue weighted by molar-refractivity contribution is 7.26. The Morgan fingerprint density at radius 1 is 0.870 bits per heavy atom. The van der Waals surface area contributed by atoms with E-state index in [4.69, 9.17) is 0 Å². The van der Waals surface area contributed by atoms with Gasteiger partial charge in [-0.3, -0.25) is 4.98 Å². The van der Waals surface area contributed by atoms with Gasteiger partial charge in [-0.05, 0) is 35.2 Å². The van der Waals surface area contributed by atoms with Crippen molar-refractivity contribution in [1.82, 2.24) is 4.98 Å². The second kappa shape index (κ2) is 5.17. The molecule has 23 heavy (non-hydrogen) atoms. The Morgan fingerprint density at radius 3 is 2.48 bits per heavy atom. The summed E-state index contributed by atoms with van der Waals surface area (Å²) in [5.41, 5.74) is 3.82. The molecule has 0 aliphatic rings. The van der Waals surface area contributed by atoms with Crippen molar-refractivity contribution in [2.75, 3.05) is 0 Å². The first kappa shape index (κ1) is 14.4. The van der Waals surface area contributed by atoms with Crippen LogP contribution in [0.2, 0.25) is 0 Å². The first-order chi connectivity index (χ1) is 11.0. The number of aromatic nitrogens is 1. The molecule has 0 atom stereocenters. The minimum absolute atomic E-state index is 0.168. The fourth-order valence-electron chi connectivity index (χ4n) is 2.99. The van der Waals surface area contributed by atoms with Crippen LogP contribution in [0.4, 0.5) is 0 Å². The Bertz CT molecular complexity index is 991. The maximum atomic E-state index is 4.53. The van der Waals surface area contributed by atoms with Crippen LogP contribution in [0, 0.1) is 0 Å². The van der Waals surface area contributed by atoms with Crippen LogP contribution in [0.1, 0.15) is 26.3 Å². The summed E-state index contributed by atoms with van der Waals surface area (Å²) in [6.45, 7) is 6.80. The number of nitrogens with zero attached hydrogens (tertiary/aromatic N) is 1. The number of thiophene rings is 1. The first-order valence-corrected chi connectivity index (χ1v) is 8.73. The second-order valence-electron chi connectivity index (χ2n) is 6.96. The Hall–Kier alpha value is -2.19. The van der Waals surface area contributed by atoms with Gasteiger partial charge < -0.3 is 0 Å². The molecule has 1 nitrogen and oxygen atoms in total.